The molecule has 16 heavy (non-hydrogen) atoms. The van der Waals surface area contributed by atoms with Gasteiger partial charge in [-0.15, -0.1) is 0 Å². The number of amides is 2. The minimum atomic E-state index is -1.13. The minimum Gasteiger partial charge on any atom is -0.465 e. The fourth-order valence-electron chi connectivity index (χ4n) is 1.73. The van der Waals surface area contributed by atoms with Gasteiger partial charge in [-0.2, -0.15) is 0 Å². The number of hydrogen-bond donors (Lipinski definition) is 2. The first kappa shape index (κ1) is 14.7. The Labute approximate surface area is 96.6 Å². The van der Waals surface area contributed by atoms with Crippen LogP contribution in [0.5, 0.6) is 0 Å². The van der Waals surface area contributed by atoms with Crippen LogP contribution in [0, 0.1) is 5.41 Å². The SMILES string of the molecule is CC(C)(C)[C@@H](C(N)=O)N(C(=O)O)C(C)(C)C. The van der Waals surface area contributed by atoms with Gasteiger partial charge in [-0.25, -0.2) is 4.79 Å². The normalized spacial score (nSPS) is 14.4. The molecule has 0 aliphatic carbocycles. The van der Waals surface area contributed by atoms with Crippen LogP contribution in [0.25, 0.3) is 0 Å². The molecule has 5 nitrogen and oxygen atoms in total. The van der Waals surface area contributed by atoms with Crippen LogP contribution < -0.4 is 5.73 Å². The summed E-state index contributed by atoms with van der Waals surface area (Å²) in [7, 11) is 0. The fourth-order valence-corrected chi connectivity index (χ4v) is 1.73. The zero-order valence-electron chi connectivity index (χ0n) is 10.9. The van der Waals surface area contributed by atoms with Crippen molar-refractivity contribution < 1.29 is 14.7 Å². The molecule has 0 bridgehead atoms. The molecule has 94 valence electrons. The van der Waals surface area contributed by atoms with Crippen molar-refractivity contribution in [3.63, 3.8) is 0 Å². The van der Waals surface area contributed by atoms with Crippen molar-refractivity contribution in [3.05, 3.63) is 0 Å². The number of hydrogen-bond acceptors (Lipinski definition) is 2. The molecule has 0 saturated heterocycles. The first-order valence-corrected chi connectivity index (χ1v) is 5.20. The lowest BCUT2D eigenvalue weighted by Gasteiger charge is -2.43. The lowest BCUT2D eigenvalue weighted by molar-refractivity contribution is -0.128. The molecule has 5 heteroatoms. The number of carbonyl (C=O) groups is 2. The molecule has 0 aromatic rings. The molecule has 0 fully saturated rings. The third kappa shape index (κ3) is 3.40. The number of rotatable bonds is 2. The number of nitrogens with two attached hydrogens (primary N) is 1. The molecular formula is C11H22N2O3. The van der Waals surface area contributed by atoms with Gasteiger partial charge in [0.1, 0.15) is 6.04 Å². The zero-order valence-corrected chi connectivity index (χ0v) is 10.9. The fraction of sp³-hybridized carbons (Fsp3) is 0.818. The van der Waals surface area contributed by atoms with Crippen LogP contribution in [0.2, 0.25) is 0 Å². The third-order valence-corrected chi connectivity index (χ3v) is 2.28. The second kappa shape index (κ2) is 4.31. The first-order chi connectivity index (χ1) is 6.89. The van der Waals surface area contributed by atoms with E-state index in [-0.39, 0.29) is 0 Å². The van der Waals surface area contributed by atoms with E-state index in [1.165, 1.54) is 0 Å². The average Bonchev–Trinajstić information content (AvgIpc) is 1.92. The topological polar surface area (TPSA) is 83.6 Å². The summed E-state index contributed by atoms with van der Waals surface area (Å²) >= 11 is 0. The van der Waals surface area contributed by atoms with Crippen molar-refractivity contribution in [1.82, 2.24) is 4.90 Å². The van der Waals surface area contributed by atoms with E-state index in [1.54, 1.807) is 41.5 Å². The van der Waals surface area contributed by atoms with Crippen LogP contribution in [-0.2, 0) is 4.79 Å². The molecule has 0 unspecified atom stereocenters. The average molecular weight is 230 g/mol. The van der Waals surface area contributed by atoms with Crippen LogP contribution in [0.3, 0.4) is 0 Å². The van der Waals surface area contributed by atoms with Crippen LogP contribution in [0.1, 0.15) is 41.5 Å². The highest BCUT2D eigenvalue weighted by atomic mass is 16.4. The Morgan fingerprint density at radius 3 is 1.56 bits per heavy atom. The number of nitrogens with zero attached hydrogens (tertiary/aromatic N) is 1. The van der Waals surface area contributed by atoms with E-state index in [0.29, 0.717) is 0 Å². The molecule has 0 heterocycles. The lowest BCUT2D eigenvalue weighted by Crippen LogP contribution is -2.60. The predicted molar refractivity (Wildman–Crippen MR) is 62.1 cm³/mol. The van der Waals surface area contributed by atoms with Gasteiger partial charge in [0.2, 0.25) is 5.91 Å². The summed E-state index contributed by atoms with van der Waals surface area (Å²) in [5.74, 6) is -0.621. The summed E-state index contributed by atoms with van der Waals surface area (Å²) in [6.07, 6.45) is -1.13. The van der Waals surface area contributed by atoms with E-state index in [2.05, 4.69) is 0 Å². The zero-order chi connectivity index (χ0) is 13.3. The first-order valence-electron chi connectivity index (χ1n) is 5.20. The van der Waals surface area contributed by atoms with Gasteiger partial charge in [0.05, 0.1) is 0 Å². The highest BCUT2D eigenvalue weighted by Gasteiger charge is 2.42. The summed E-state index contributed by atoms with van der Waals surface area (Å²) in [5.41, 5.74) is 4.12. The summed E-state index contributed by atoms with van der Waals surface area (Å²) in [6, 6.07) is -0.843. The molecule has 0 saturated carbocycles. The molecule has 3 N–H and O–H groups in total. The van der Waals surface area contributed by atoms with Crippen molar-refractivity contribution in [2.45, 2.75) is 53.1 Å². The molecule has 0 aromatic heterocycles. The van der Waals surface area contributed by atoms with Gasteiger partial charge in [-0.3, -0.25) is 9.69 Å². The molecule has 0 radical (unpaired) electrons. The second-order valence-electron chi connectivity index (χ2n) is 5.99. The molecule has 0 aliphatic rings. The maximum Gasteiger partial charge on any atom is 0.408 e. The van der Waals surface area contributed by atoms with Crippen molar-refractivity contribution in [3.8, 4) is 0 Å². The Hall–Kier alpha value is -1.26. The van der Waals surface area contributed by atoms with Gasteiger partial charge in [0.15, 0.2) is 0 Å². The molecule has 2 amide bonds. The van der Waals surface area contributed by atoms with Gasteiger partial charge < -0.3 is 10.8 Å². The molecule has 0 aromatic carbocycles. The van der Waals surface area contributed by atoms with Crippen LogP contribution >= 0.6 is 0 Å². The Bertz CT molecular complexity index is 257. The number of carbonyl (C=O) groups excluding carboxylic acids is 1. The van der Waals surface area contributed by atoms with Gasteiger partial charge in [0.25, 0.3) is 0 Å². The molecule has 0 spiro atoms. The van der Waals surface area contributed by atoms with Gasteiger partial charge in [0, 0.05) is 5.54 Å². The van der Waals surface area contributed by atoms with Crippen molar-refractivity contribution in [1.29, 1.82) is 0 Å². The maximum absolute atomic E-state index is 11.5. The highest BCUT2D eigenvalue weighted by molar-refractivity contribution is 5.85. The van der Waals surface area contributed by atoms with Crippen LogP contribution in [0.4, 0.5) is 4.79 Å². The predicted octanol–water partition coefficient (Wildman–Crippen LogP) is 1.66. The Morgan fingerprint density at radius 2 is 1.50 bits per heavy atom. The summed E-state index contributed by atoms with van der Waals surface area (Å²) in [6.45, 7) is 10.6. The van der Waals surface area contributed by atoms with E-state index in [0.717, 1.165) is 4.90 Å². The van der Waals surface area contributed by atoms with E-state index < -0.39 is 29.0 Å². The smallest absolute Gasteiger partial charge is 0.408 e. The van der Waals surface area contributed by atoms with E-state index in [1.807, 2.05) is 0 Å². The van der Waals surface area contributed by atoms with Gasteiger partial charge in [-0.05, 0) is 26.2 Å². The number of carboxylic acid groups (broad SMARTS) is 1. The highest BCUT2D eigenvalue weighted by Crippen LogP contribution is 2.29. The molecule has 0 rings (SSSR count). The molecule has 1 atom stereocenters. The van der Waals surface area contributed by atoms with Crippen molar-refractivity contribution in [2.24, 2.45) is 11.1 Å². The Kier molecular flexibility index (Phi) is 3.97. The van der Waals surface area contributed by atoms with E-state index >= 15 is 0 Å². The van der Waals surface area contributed by atoms with Crippen LogP contribution in [0.15, 0.2) is 0 Å². The monoisotopic (exact) mass is 230 g/mol. The van der Waals surface area contributed by atoms with Gasteiger partial charge in [-0.1, -0.05) is 20.8 Å². The second-order valence-corrected chi connectivity index (χ2v) is 5.99. The molecule has 0 aliphatic heterocycles. The summed E-state index contributed by atoms with van der Waals surface area (Å²) in [4.78, 5) is 23.8. The summed E-state index contributed by atoms with van der Waals surface area (Å²) in [5, 5.41) is 9.21. The van der Waals surface area contributed by atoms with E-state index in [9.17, 15) is 14.7 Å². The van der Waals surface area contributed by atoms with Crippen molar-refractivity contribution in [2.75, 3.05) is 0 Å². The lowest BCUT2D eigenvalue weighted by atomic mass is 9.83. The largest absolute Gasteiger partial charge is 0.465 e. The third-order valence-electron chi connectivity index (χ3n) is 2.28. The Morgan fingerprint density at radius 1 is 1.12 bits per heavy atom. The van der Waals surface area contributed by atoms with Crippen molar-refractivity contribution >= 4 is 12.0 Å². The maximum atomic E-state index is 11.5. The Balaban J connectivity index is 5.48. The van der Waals surface area contributed by atoms with Gasteiger partial charge >= 0.3 is 6.09 Å². The minimum absolute atomic E-state index is 0.530. The number of primary amides is 1. The van der Waals surface area contributed by atoms with Crippen LogP contribution in [-0.4, -0.2) is 33.6 Å². The quantitative estimate of drug-likeness (QED) is 0.756. The van der Waals surface area contributed by atoms with E-state index in [4.69, 9.17) is 5.73 Å². The summed E-state index contributed by atoms with van der Waals surface area (Å²) < 4.78 is 0. The molecular weight excluding hydrogens is 208 g/mol. The standard InChI is InChI=1S/C11H22N2O3/c1-10(2,3)7(8(12)14)13(9(15)16)11(4,5)6/h7H,1-6H3,(H2,12,14)(H,15,16)/t7-/m1/s1.